The minimum Gasteiger partial charge on any atom is -0.550 e. The molecule has 0 saturated carbocycles. The third-order valence-electron chi connectivity index (χ3n) is 3.07. The maximum absolute atomic E-state index is 11.1. The monoisotopic (exact) mass is 259 g/mol. The Labute approximate surface area is 130 Å². The number of aliphatic hydroxyl groups is 1. The number of carboxylic acids is 1. The summed E-state index contributed by atoms with van der Waals surface area (Å²) in [7, 11) is 0. The average Bonchev–Trinajstić information content (AvgIpc) is 2.30. The van der Waals surface area contributed by atoms with Crippen LogP contribution in [0.25, 0.3) is 0 Å². The van der Waals surface area contributed by atoms with Crippen molar-refractivity contribution < 1.29 is 44.6 Å². The van der Waals surface area contributed by atoms with E-state index in [9.17, 15) is 15.0 Å². The Balaban J connectivity index is 0.00000289. The molecule has 1 heterocycles. The zero-order valence-corrected chi connectivity index (χ0v) is 13.2. The van der Waals surface area contributed by atoms with E-state index in [1.165, 1.54) is 19.3 Å². The van der Waals surface area contributed by atoms with Gasteiger partial charge in [-0.05, 0) is 31.0 Å². The van der Waals surface area contributed by atoms with Gasteiger partial charge in [0.2, 0.25) is 0 Å². The molecule has 1 rings (SSSR count). The van der Waals surface area contributed by atoms with Gasteiger partial charge >= 0.3 is 29.6 Å². The van der Waals surface area contributed by atoms with Crippen LogP contribution >= 0.6 is 0 Å². The number of aromatic nitrogens is 1. The van der Waals surface area contributed by atoms with Crippen molar-refractivity contribution in [1.29, 1.82) is 0 Å². The Morgan fingerprint density at radius 2 is 2.06 bits per heavy atom. The molecular weight excluding hydrogens is 241 g/mol. The Morgan fingerprint density at radius 3 is 2.50 bits per heavy atom. The molecule has 0 spiro atoms. The van der Waals surface area contributed by atoms with Crippen LogP contribution in [-0.4, -0.2) is 16.1 Å². The van der Waals surface area contributed by atoms with E-state index in [1.807, 2.05) is 6.92 Å². The molecule has 5 heteroatoms. The van der Waals surface area contributed by atoms with Gasteiger partial charge in [0.25, 0.3) is 0 Å². The van der Waals surface area contributed by atoms with E-state index in [-0.39, 0.29) is 29.6 Å². The van der Waals surface area contributed by atoms with Gasteiger partial charge in [-0.3, -0.25) is 4.98 Å². The van der Waals surface area contributed by atoms with E-state index in [1.54, 1.807) is 12.1 Å². The fourth-order valence-corrected chi connectivity index (χ4v) is 1.93. The average molecular weight is 259 g/mol. The van der Waals surface area contributed by atoms with E-state index in [0.29, 0.717) is 12.0 Å². The molecule has 18 heavy (non-hydrogen) atoms. The number of rotatable bonds is 6. The van der Waals surface area contributed by atoms with E-state index in [2.05, 4.69) is 4.98 Å². The number of aliphatic carboxylic acids is 1. The zero-order valence-electron chi connectivity index (χ0n) is 11.2. The van der Waals surface area contributed by atoms with Gasteiger partial charge in [-0.1, -0.05) is 19.8 Å². The number of hydrogen-bond acceptors (Lipinski definition) is 4. The molecule has 0 aliphatic carbocycles. The SMILES string of the molecule is CCCCC(C(=O)[O-])C(C)(O)c1ccncc1.[Na+]. The maximum atomic E-state index is 11.1. The molecule has 1 N–H and O–H groups in total. The predicted octanol–water partition coefficient (Wildman–Crippen LogP) is -2.15. The molecule has 0 aromatic carbocycles. The molecule has 2 atom stereocenters. The van der Waals surface area contributed by atoms with Crippen molar-refractivity contribution in [1.82, 2.24) is 4.98 Å². The summed E-state index contributed by atoms with van der Waals surface area (Å²) in [5.74, 6) is -2.11. The third kappa shape index (κ3) is 4.35. The third-order valence-corrected chi connectivity index (χ3v) is 3.07. The molecule has 0 aliphatic heterocycles. The standard InChI is InChI=1S/C13H19NO3.Na/c1-3-4-5-11(12(15)16)13(2,17)10-6-8-14-9-7-10;/h6-9,11,17H,3-5H2,1-2H3,(H,15,16);/q;+1/p-1. The molecule has 0 aliphatic rings. The second-order valence-electron chi connectivity index (χ2n) is 4.40. The van der Waals surface area contributed by atoms with Crippen molar-refractivity contribution in [3.8, 4) is 0 Å². The minimum absolute atomic E-state index is 0. The molecule has 1 aromatic heterocycles. The molecule has 0 amide bonds. The molecule has 94 valence electrons. The first kappa shape index (κ1) is 17.6. The Morgan fingerprint density at radius 1 is 1.50 bits per heavy atom. The van der Waals surface area contributed by atoms with Gasteiger partial charge in [0.1, 0.15) is 0 Å². The van der Waals surface area contributed by atoms with Crippen molar-refractivity contribution in [3.05, 3.63) is 30.1 Å². The van der Waals surface area contributed by atoms with Crippen LogP contribution in [0.1, 0.15) is 38.7 Å². The van der Waals surface area contributed by atoms with Gasteiger partial charge < -0.3 is 15.0 Å². The molecule has 2 unspecified atom stereocenters. The Hall–Kier alpha value is -0.420. The van der Waals surface area contributed by atoms with E-state index < -0.39 is 17.5 Å². The van der Waals surface area contributed by atoms with Gasteiger partial charge in [-0.2, -0.15) is 0 Å². The fraction of sp³-hybridized carbons (Fsp3) is 0.538. The zero-order chi connectivity index (χ0) is 12.9. The van der Waals surface area contributed by atoms with E-state index in [4.69, 9.17) is 0 Å². The van der Waals surface area contributed by atoms with Crippen molar-refractivity contribution in [2.75, 3.05) is 0 Å². The maximum Gasteiger partial charge on any atom is 1.00 e. The van der Waals surface area contributed by atoms with Crippen LogP contribution in [0.15, 0.2) is 24.5 Å². The fourth-order valence-electron chi connectivity index (χ4n) is 1.93. The van der Waals surface area contributed by atoms with Crippen molar-refractivity contribution in [2.24, 2.45) is 5.92 Å². The number of carbonyl (C=O) groups excluding carboxylic acids is 1. The molecule has 0 saturated heterocycles. The summed E-state index contributed by atoms with van der Waals surface area (Å²) >= 11 is 0. The molecule has 0 bridgehead atoms. The largest absolute Gasteiger partial charge is 1.00 e. The topological polar surface area (TPSA) is 73.2 Å². The van der Waals surface area contributed by atoms with E-state index in [0.717, 1.165) is 12.8 Å². The predicted molar refractivity (Wildman–Crippen MR) is 61.8 cm³/mol. The smallest absolute Gasteiger partial charge is 0.550 e. The summed E-state index contributed by atoms with van der Waals surface area (Å²) in [4.78, 5) is 15.0. The molecular formula is C13H18NNaO3. The Bertz CT molecular complexity index is 368. The summed E-state index contributed by atoms with van der Waals surface area (Å²) in [6.45, 7) is 3.49. The molecule has 0 fully saturated rings. The normalized spacial score (nSPS) is 15.3. The van der Waals surface area contributed by atoms with Gasteiger partial charge in [0, 0.05) is 24.3 Å². The quantitative estimate of drug-likeness (QED) is 0.591. The number of pyridine rings is 1. The van der Waals surface area contributed by atoms with Gasteiger partial charge in [0.15, 0.2) is 0 Å². The van der Waals surface area contributed by atoms with Crippen molar-refractivity contribution >= 4 is 5.97 Å². The van der Waals surface area contributed by atoms with Crippen LogP contribution in [0, 0.1) is 5.92 Å². The van der Waals surface area contributed by atoms with Crippen molar-refractivity contribution in [2.45, 2.75) is 38.7 Å². The van der Waals surface area contributed by atoms with Crippen LogP contribution in [0.4, 0.5) is 0 Å². The van der Waals surface area contributed by atoms with Crippen LogP contribution in [-0.2, 0) is 10.4 Å². The number of hydrogen-bond donors (Lipinski definition) is 1. The summed E-state index contributed by atoms with van der Waals surface area (Å²) in [5, 5.41) is 21.5. The summed E-state index contributed by atoms with van der Waals surface area (Å²) in [6, 6.07) is 3.25. The Kier molecular flexibility index (Phi) is 7.71. The van der Waals surface area contributed by atoms with E-state index >= 15 is 0 Å². The van der Waals surface area contributed by atoms with Gasteiger partial charge in [0.05, 0.1) is 5.60 Å². The summed E-state index contributed by atoms with van der Waals surface area (Å²) < 4.78 is 0. The number of carbonyl (C=O) groups is 1. The first-order valence-corrected chi connectivity index (χ1v) is 5.83. The second kappa shape index (κ2) is 7.89. The number of carboxylic acid groups (broad SMARTS) is 1. The summed E-state index contributed by atoms with van der Waals surface area (Å²) in [5.41, 5.74) is -0.866. The minimum atomic E-state index is -1.42. The van der Waals surface area contributed by atoms with Crippen LogP contribution in [0.5, 0.6) is 0 Å². The van der Waals surface area contributed by atoms with Crippen LogP contribution in [0.2, 0.25) is 0 Å². The second-order valence-corrected chi connectivity index (χ2v) is 4.40. The number of unbranched alkanes of at least 4 members (excludes halogenated alkanes) is 1. The van der Waals surface area contributed by atoms with Crippen LogP contribution < -0.4 is 34.7 Å². The molecule has 1 aromatic rings. The molecule has 4 nitrogen and oxygen atoms in total. The summed E-state index contributed by atoms with van der Waals surface area (Å²) in [6.07, 6.45) is 5.12. The first-order valence-electron chi connectivity index (χ1n) is 5.83. The number of nitrogens with zero attached hydrogens (tertiary/aromatic N) is 1. The molecule has 0 radical (unpaired) electrons. The van der Waals surface area contributed by atoms with Gasteiger partial charge in [-0.25, -0.2) is 0 Å². The van der Waals surface area contributed by atoms with Crippen LogP contribution in [0.3, 0.4) is 0 Å². The first-order chi connectivity index (χ1) is 8.00. The van der Waals surface area contributed by atoms with Gasteiger partial charge in [-0.15, -0.1) is 0 Å². The van der Waals surface area contributed by atoms with Crippen molar-refractivity contribution in [3.63, 3.8) is 0 Å².